The Kier molecular flexibility index (Phi) is 5.92. The zero-order chi connectivity index (χ0) is 15.1. The zero-order valence-electron chi connectivity index (χ0n) is 11.5. The fourth-order valence-electron chi connectivity index (χ4n) is 1.61. The first-order valence-electron chi connectivity index (χ1n) is 6.48. The lowest BCUT2D eigenvalue weighted by Crippen LogP contribution is -2.23. The first-order chi connectivity index (χ1) is 9.49. The molecule has 0 bridgehead atoms. The number of anilines is 1. The molecule has 0 saturated carbocycles. The minimum absolute atomic E-state index is 0.183. The van der Waals surface area contributed by atoms with Crippen LogP contribution in [-0.4, -0.2) is 35.1 Å². The number of carbonyl (C=O) groups excluding carboxylic acids is 1. The van der Waals surface area contributed by atoms with Crippen LogP contribution in [0.1, 0.15) is 30.6 Å². The molecule has 1 unspecified atom stereocenters. The topological polar surface area (TPSA) is 104 Å². The monoisotopic (exact) mass is 281 g/mol. The Morgan fingerprint density at radius 2 is 2.15 bits per heavy atom. The summed E-state index contributed by atoms with van der Waals surface area (Å²) < 4.78 is 0. The maximum absolute atomic E-state index is 11.6. The summed E-state index contributed by atoms with van der Waals surface area (Å²) in [4.78, 5) is 22.1. The third kappa shape index (κ3) is 4.20. The van der Waals surface area contributed by atoms with Gasteiger partial charge in [-0.05, 0) is 25.5 Å². The Morgan fingerprint density at radius 3 is 2.70 bits per heavy atom. The number of aliphatic hydroxyl groups excluding tert-OH is 1. The van der Waals surface area contributed by atoms with Gasteiger partial charge < -0.3 is 15.7 Å². The smallest absolute Gasteiger partial charge is 0.293 e. The quantitative estimate of drug-likeness (QED) is 0.519. The van der Waals surface area contributed by atoms with E-state index in [4.69, 9.17) is 0 Å². The highest BCUT2D eigenvalue weighted by Crippen LogP contribution is 2.25. The van der Waals surface area contributed by atoms with E-state index in [9.17, 15) is 20.0 Å². The van der Waals surface area contributed by atoms with Crippen molar-refractivity contribution >= 4 is 17.3 Å². The van der Waals surface area contributed by atoms with Crippen molar-refractivity contribution < 1.29 is 14.8 Å². The van der Waals surface area contributed by atoms with Crippen molar-refractivity contribution in [2.45, 2.75) is 26.4 Å². The molecule has 110 valence electrons. The number of nitrogens with one attached hydrogen (secondary N) is 2. The Balaban J connectivity index is 2.96. The molecular formula is C13H19N3O4. The molecule has 3 N–H and O–H groups in total. The number of nitrogens with zero attached hydrogens (tertiary/aromatic N) is 1. The summed E-state index contributed by atoms with van der Waals surface area (Å²) in [5, 5.41) is 25.9. The summed E-state index contributed by atoms with van der Waals surface area (Å²) in [6.45, 7) is 4.26. The molecule has 20 heavy (non-hydrogen) atoms. The van der Waals surface area contributed by atoms with Crippen LogP contribution in [0.3, 0.4) is 0 Å². The summed E-state index contributed by atoms with van der Waals surface area (Å²) in [5.41, 5.74) is 0.341. The second-order valence-electron chi connectivity index (χ2n) is 4.29. The van der Waals surface area contributed by atoms with E-state index in [0.29, 0.717) is 13.0 Å². The molecule has 0 saturated heterocycles. The van der Waals surface area contributed by atoms with Crippen LogP contribution in [0.2, 0.25) is 0 Å². The van der Waals surface area contributed by atoms with Gasteiger partial charge in [0, 0.05) is 24.7 Å². The van der Waals surface area contributed by atoms with Crippen LogP contribution in [-0.2, 0) is 0 Å². The van der Waals surface area contributed by atoms with Gasteiger partial charge in [-0.15, -0.1) is 0 Å². The molecule has 1 amide bonds. The van der Waals surface area contributed by atoms with Crippen LogP contribution in [0.25, 0.3) is 0 Å². The third-order valence-electron chi connectivity index (χ3n) is 2.79. The van der Waals surface area contributed by atoms with Gasteiger partial charge in [0.1, 0.15) is 5.69 Å². The standard InChI is InChI=1S/C13H19N3O4/c1-3-10(17)8-15-11-6-5-9(13(18)14-4-2)7-12(11)16(19)20/h5-7,10,15,17H,3-4,8H2,1-2H3,(H,14,18). The van der Waals surface area contributed by atoms with Gasteiger partial charge in [-0.1, -0.05) is 6.92 Å². The highest BCUT2D eigenvalue weighted by molar-refractivity contribution is 5.95. The molecule has 0 aromatic heterocycles. The van der Waals surface area contributed by atoms with Crippen molar-refractivity contribution in [3.8, 4) is 0 Å². The lowest BCUT2D eigenvalue weighted by atomic mass is 10.1. The molecule has 1 atom stereocenters. The minimum atomic E-state index is -0.572. The predicted molar refractivity (Wildman–Crippen MR) is 75.9 cm³/mol. The number of hydrogen-bond donors (Lipinski definition) is 3. The molecule has 1 rings (SSSR count). The van der Waals surface area contributed by atoms with Crippen molar-refractivity contribution in [2.75, 3.05) is 18.4 Å². The molecule has 0 aliphatic carbocycles. The fraction of sp³-hybridized carbons (Fsp3) is 0.462. The third-order valence-corrected chi connectivity index (χ3v) is 2.79. The van der Waals surface area contributed by atoms with Crippen LogP contribution in [0.15, 0.2) is 18.2 Å². The lowest BCUT2D eigenvalue weighted by Gasteiger charge is -2.11. The lowest BCUT2D eigenvalue weighted by molar-refractivity contribution is -0.384. The van der Waals surface area contributed by atoms with E-state index in [-0.39, 0.29) is 29.4 Å². The summed E-state index contributed by atoms with van der Waals surface area (Å²) in [6, 6.07) is 4.22. The first-order valence-corrected chi connectivity index (χ1v) is 6.48. The van der Waals surface area contributed by atoms with Gasteiger partial charge in [0.2, 0.25) is 0 Å². The molecule has 0 aliphatic heterocycles. The van der Waals surface area contributed by atoms with Gasteiger partial charge in [0.05, 0.1) is 11.0 Å². The number of benzene rings is 1. The Hall–Kier alpha value is -2.15. The van der Waals surface area contributed by atoms with Gasteiger partial charge in [0.25, 0.3) is 11.6 Å². The number of nitro groups is 1. The van der Waals surface area contributed by atoms with Crippen molar-refractivity contribution in [2.24, 2.45) is 0 Å². The van der Waals surface area contributed by atoms with E-state index in [1.165, 1.54) is 18.2 Å². The van der Waals surface area contributed by atoms with Crippen LogP contribution < -0.4 is 10.6 Å². The van der Waals surface area contributed by atoms with Gasteiger partial charge >= 0.3 is 0 Å². The van der Waals surface area contributed by atoms with E-state index < -0.39 is 11.0 Å². The second kappa shape index (κ2) is 7.44. The Bertz CT molecular complexity index is 491. The second-order valence-corrected chi connectivity index (χ2v) is 4.29. The summed E-state index contributed by atoms with van der Waals surface area (Å²) in [5.74, 6) is -0.351. The SMILES string of the molecule is CCNC(=O)c1ccc(NCC(O)CC)c([N+](=O)[O-])c1. The van der Waals surface area contributed by atoms with E-state index in [0.717, 1.165) is 0 Å². The summed E-state index contributed by atoms with van der Waals surface area (Å²) >= 11 is 0. The number of hydrogen-bond acceptors (Lipinski definition) is 5. The highest BCUT2D eigenvalue weighted by atomic mass is 16.6. The van der Waals surface area contributed by atoms with Crippen LogP contribution >= 0.6 is 0 Å². The molecule has 7 heteroatoms. The first kappa shape index (κ1) is 15.9. The molecule has 0 fully saturated rings. The maximum Gasteiger partial charge on any atom is 0.293 e. The molecule has 1 aromatic carbocycles. The average Bonchev–Trinajstić information content (AvgIpc) is 2.44. The minimum Gasteiger partial charge on any atom is -0.391 e. The average molecular weight is 281 g/mol. The zero-order valence-corrected chi connectivity index (χ0v) is 11.5. The summed E-state index contributed by atoms with van der Waals surface area (Å²) in [7, 11) is 0. The van der Waals surface area contributed by atoms with Gasteiger partial charge in [-0.3, -0.25) is 14.9 Å². The van der Waals surface area contributed by atoms with Gasteiger partial charge in [-0.2, -0.15) is 0 Å². The van der Waals surface area contributed by atoms with E-state index in [2.05, 4.69) is 10.6 Å². The highest BCUT2D eigenvalue weighted by Gasteiger charge is 2.17. The molecule has 0 heterocycles. The molecule has 0 spiro atoms. The molecule has 0 radical (unpaired) electrons. The molecule has 0 aliphatic rings. The molecule has 7 nitrogen and oxygen atoms in total. The number of amides is 1. The molecular weight excluding hydrogens is 262 g/mol. The number of carbonyl (C=O) groups is 1. The van der Waals surface area contributed by atoms with Gasteiger partial charge in [0.15, 0.2) is 0 Å². The molecule has 1 aromatic rings. The fourth-order valence-corrected chi connectivity index (χ4v) is 1.61. The number of rotatable bonds is 7. The number of nitro benzene ring substituents is 1. The van der Waals surface area contributed by atoms with E-state index in [1.807, 2.05) is 6.92 Å². The van der Waals surface area contributed by atoms with Crippen molar-refractivity contribution in [3.05, 3.63) is 33.9 Å². The largest absolute Gasteiger partial charge is 0.391 e. The van der Waals surface area contributed by atoms with E-state index >= 15 is 0 Å². The Morgan fingerprint density at radius 1 is 1.45 bits per heavy atom. The maximum atomic E-state index is 11.6. The van der Waals surface area contributed by atoms with Crippen LogP contribution in [0.5, 0.6) is 0 Å². The normalized spacial score (nSPS) is 11.8. The van der Waals surface area contributed by atoms with Crippen molar-refractivity contribution in [1.82, 2.24) is 5.32 Å². The van der Waals surface area contributed by atoms with Crippen LogP contribution in [0, 0.1) is 10.1 Å². The predicted octanol–water partition coefficient (Wildman–Crippen LogP) is 1.53. The van der Waals surface area contributed by atoms with Crippen molar-refractivity contribution in [1.29, 1.82) is 0 Å². The van der Waals surface area contributed by atoms with E-state index in [1.54, 1.807) is 6.92 Å². The number of aliphatic hydroxyl groups is 1. The van der Waals surface area contributed by atoms with Crippen molar-refractivity contribution in [3.63, 3.8) is 0 Å². The van der Waals surface area contributed by atoms with Gasteiger partial charge in [-0.25, -0.2) is 0 Å². The van der Waals surface area contributed by atoms with Crippen LogP contribution in [0.4, 0.5) is 11.4 Å². The summed E-state index contributed by atoms with van der Waals surface area (Å²) in [6.07, 6.45) is -0.0182. The Labute approximate surface area is 117 Å².